The summed E-state index contributed by atoms with van der Waals surface area (Å²) >= 11 is 0. The predicted molar refractivity (Wildman–Crippen MR) is 148 cm³/mol. The van der Waals surface area contributed by atoms with Gasteiger partial charge in [0.25, 0.3) is 6.47 Å². The van der Waals surface area contributed by atoms with E-state index >= 15 is 0 Å². The molecule has 12 heteroatoms. The number of aromatic nitrogens is 5. The lowest BCUT2D eigenvalue weighted by molar-refractivity contribution is -0.138. The Morgan fingerprint density at radius 3 is 2.35 bits per heavy atom. The predicted octanol–water partition coefficient (Wildman–Crippen LogP) is 1.47. The van der Waals surface area contributed by atoms with Gasteiger partial charge in [-0.1, -0.05) is 6.07 Å². The Hall–Kier alpha value is -3.04. The molecule has 0 spiro atoms. The molecule has 2 saturated heterocycles. The summed E-state index contributed by atoms with van der Waals surface area (Å²) in [7, 11) is 1.68. The Morgan fingerprint density at radius 1 is 1.16 bits per heavy atom. The van der Waals surface area contributed by atoms with Crippen LogP contribution < -0.4 is 21.9 Å². The van der Waals surface area contributed by atoms with Crippen LogP contribution in [0.25, 0.3) is 11.2 Å². The second-order valence-electron chi connectivity index (χ2n) is 11.0. The maximum Gasteiger partial charge on any atom is 0.328 e. The Kier molecular flexibility index (Phi) is 7.85. The van der Waals surface area contributed by atoms with Crippen molar-refractivity contribution in [3.8, 4) is 0 Å². The van der Waals surface area contributed by atoms with Crippen LogP contribution in [-0.4, -0.2) is 88.0 Å². The van der Waals surface area contributed by atoms with Gasteiger partial charge in [0.05, 0.1) is 6.54 Å². The molecule has 11 nitrogen and oxygen atoms in total. The van der Waals surface area contributed by atoms with Gasteiger partial charge in [0.2, 0.25) is 0 Å². The van der Waals surface area contributed by atoms with Crippen molar-refractivity contribution in [1.82, 2.24) is 29.4 Å². The molecule has 2 aliphatic heterocycles. The van der Waals surface area contributed by atoms with Gasteiger partial charge < -0.3 is 25.3 Å². The Morgan fingerprint density at radius 2 is 1.84 bits per heavy atom. The number of likely N-dealkylation sites (tertiary alicyclic amines) is 1. The number of imidazole rings is 1. The van der Waals surface area contributed by atoms with Crippen molar-refractivity contribution in [2.24, 2.45) is 11.8 Å². The van der Waals surface area contributed by atoms with Gasteiger partial charge in [-0.05, 0) is 72.5 Å². The molecule has 2 aliphatic rings. The number of aromatic amines is 1. The van der Waals surface area contributed by atoms with Gasteiger partial charge >= 0.3 is 5.69 Å². The van der Waals surface area contributed by atoms with E-state index in [2.05, 4.69) is 55.9 Å². The maximum atomic E-state index is 12.5. The molecule has 3 N–H and O–H groups in total. The first-order valence-corrected chi connectivity index (χ1v) is 14.6. The molecule has 2 atom stereocenters. The van der Waals surface area contributed by atoms with Crippen LogP contribution in [0.15, 0.2) is 23.1 Å². The number of nitrogens with two attached hydrogens (primary N) is 1. The van der Waals surface area contributed by atoms with Crippen molar-refractivity contribution < 1.29 is 9.53 Å². The van der Waals surface area contributed by atoms with Gasteiger partial charge in [-0.2, -0.15) is 0 Å². The quantitative estimate of drug-likeness (QED) is 0.373. The van der Waals surface area contributed by atoms with E-state index in [9.17, 15) is 9.59 Å². The lowest BCUT2D eigenvalue weighted by Gasteiger charge is -2.20. The molecule has 0 bridgehead atoms. The number of carbonyl (C=O) groups excluding carboxylic acids is 1. The number of nitrogens with one attached hydrogen (secondary N) is 1. The van der Waals surface area contributed by atoms with Gasteiger partial charge in [0, 0.05) is 32.4 Å². The first-order chi connectivity index (χ1) is 17.4. The van der Waals surface area contributed by atoms with Crippen molar-refractivity contribution in [2.75, 3.05) is 57.2 Å². The standard InChI is InChI=1S/C20H27N8OP.C5H10O2/c1-26-8-13-10-27(11-14(13)9-26)15-5-4-12(6-22-15)7-28-18-16(23-20(28)29)17(21)24-19(25-18)30(2)3;1-5(2,3)7-4-6/h4-6,13-14H,7-11H2,1-3H3,(H,23,29)(H2,21,24,25);4H,1-3H3. The molecule has 0 saturated carbocycles. The number of rotatable bonds is 5. The minimum Gasteiger partial charge on any atom is -0.462 e. The van der Waals surface area contributed by atoms with Crippen molar-refractivity contribution in [2.45, 2.75) is 32.9 Å². The number of anilines is 2. The summed E-state index contributed by atoms with van der Waals surface area (Å²) in [5.74, 6) is 2.81. The van der Waals surface area contributed by atoms with Crippen LogP contribution in [0.1, 0.15) is 26.3 Å². The van der Waals surface area contributed by atoms with Crippen molar-refractivity contribution >= 4 is 42.8 Å². The minimum atomic E-state index is -0.517. The van der Waals surface area contributed by atoms with Gasteiger partial charge in [-0.25, -0.2) is 19.7 Å². The fourth-order valence-corrected chi connectivity index (χ4v) is 5.43. The van der Waals surface area contributed by atoms with Crippen molar-refractivity contribution in [3.05, 3.63) is 34.4 Å². The summed E-state index contributed by atoms with van der Waals surface area (Å²) in [5.41, 5.74) is 8.21. The first-order valence-electron chi connectivity index (χ1n) is 12.4. The number of pyridine rings is 1. The third kappa shape index (κ3) is 6.27. The smallest absolute Gasteiger partial charge is 0.328 e. The SMILES string of the molecule is CC(C)(C)OC=O.CN1CC2CN(c3ccc(Cn4c(=O)[nH]c5c(N)nc(P(C)C)nc54)cn3)CC2C1. The van der Waals surface area contributed by atoms with Gasteiger partial charge in [0.1, 0.15) is 16.9 Å². The molecular formula is C25H37N8O3P. The molecule has 0 radical (unpaired) electrons. The zero-order valence-electron chi connectivity index (χ0n) is 22.4. The van der Waals surface area contributed by atoms with Gasteiger partial charge in [0.15, 0.2) is 17.0 Å². The highest BCUT2D eigenvalue weighted by atomic mass is 31.1. The van der Waals surface area contributed by atoms with Crippen LogP contribution in [0, 0.1) is 11.8 Å². The summed E-state index contributed by atoms with van der Waals surface area (Å²) in [6, 6.07) is 4.11. The average Bonchev–Trinajstić information content (AvgIpc) is 3.45. The highest BCUT2D eigenvalue weighted by Crippen LogP contribution is 2.32. The van der Waals surface area contributed by atoms with Crippen LogP contribution in [0.2, 0.25) is 0 Å². The lowest BCUT2D eigenvalue weighted by atomic mass is 10.0. The zero-order valence-corrected chi connectivity index (χ0v) is 23.3. The number of hydrogen-bond acceptors (Lipinski definition) is 9. The monoisotopic (exact) mass is 528 g/mol. The van der Waals surface area contributed by atoms with Crippen molar-refractivity contribution in [3.63, 3.8) is 0 Å². The molecule has 3 aromatic rings. The van der Waals surface area contributed by atoms with E-state index < -0.39 is 7.92 Å². The van der Waals surface area contributed by atoms with E-state index in [1.54, 1.807) is 4.57 Å². The molecule has 3 aromatic heterocycles. The summed E-state index contributed by atoms with van der Waals surface area (Å²) in [4.78, 5) is 43.4. The molecule has 5 rings (SSSR count). The van der Waals surface area contributed by atoms with E-state index in [4.69, 9.17) is 10.7 Å². The van der Waals surface area contributed by atoms with Crippen LogP contribution in [0.4, 0.5) is 11.6 Å². The van der Waals surface area contributed by atoms with Crippen LogP contribution >= 0.6 is 7.92 Å². The second kappa shape index (κ2) is 10.8. The fraction of sp³-hybridized carbons (Fsp3) is 0.560. The highest BCUT2D eigenvalue weighted by molar-refractivity contribution is 7.63. The summed E-state index contributed by atoms with van der Waals surface area (Å²) in [5, 5.41) is 0. The Labute approximate surface area is 218 Å². The molecule has 37 heavy (non-hydrogen) atoms. The average molecular weight is 529 g/mol. The van der Waals surface area contributed by atoms with E-state index in [-0.39, 0.29) is 11.3 Å². The summed E-state index contributed by atoms with van der Waals surface area (Å²) in [6.07, 6.45) is 1.86. The molecule has 0 amide bonds. The zero-order chi connectivity index (χ0) is 26.9. The van der Waals surface area contributed by atoms with Crippen LogP contribution in [0.5, 0.6) is 0 Å². The van der Waals surface area contributed by atoms with E-state index in [0.29, 0.717) is 35.6 Å². The maximum absolute atomic E-state index is 12.5. The molecule has 0 aliphatic carbocycles. The van der Waals surface area contributed by atoms with Crippen molar-refractivity contribution in [1.29, 1.82) is 0 Å². The molecule has 2 unspecified atom stereocenters. The number of carbonyl (C=O) groups is 1. The van der Waals surface area contributed by atoms with E-state index in [0.717, 1.165) is 36.3 Å². The van der Waals surface area contributed by atoms with Gasteiger partial charge in [-0.15, -0.1) is 0 Å². The topological polar surface area (TPSA) is 135 Å². The number of hydrogen-bond donors (Lipinski definition) is 2. The normalized spacial score (nSPS) is 19.7. The Balaban J connectivity index is 0.000000405. The third-order valence-corrected chi connectivity index (χ3v) is 7.58. The molecular weight excluding hydrogens is 491 g/mol. The first kappa shape index (κ1) is 27.0. The molecule has 0 aromatic carbocycles. The number of fused-ring (bicyclic) bond motifs is 2. The number of nitrogen functional groups attached to an aromatic ring is 1. The van der Waals surface area contributed by atoms with Gasteiger partial charge in [-0.3, -0.25) is 9.36 Å². The molecule has 5 heterocycles. The molecule has 200 valence electrons. The lowest BCUT2D eigenvalue weighted by Crippen LogP contribution is -2.27. The molecule has 2 fully saturated rings. The third-order valence-electron chi connectivity index (χ3n) is 6.58. The Bertz CT molecular complexity index is 1280. The number of ether oxygens (including phenoxy) is 1. The summed E-state index contributed by atoms with van der Waals surface area (Å²) in [6.45, 7) is 14.9. The number of H-pyrrole nitrogens is 1. The number of nitrogens with zero attached hydrogens (tertiary/aromatic N) is 6. The van der Waals surface area contributed by atoms with Crippen LogP contribution in [-0.2, 0) is 16.1 Å². The summed E-state index contributed by atoms with van der Waals surface area (Å²) < 4.78 is 6.16. The fourth-order valence-electron chi connectivity index (χ4n) is 4.83. The minimum absolute atomic E-state index is 0.236. The van der Waals surface area contributed by atoms with Crippen LogP contribution in [0.3, 0.4) is 0 Å². The largest absolute Gasteiger partial charge is 0.462 e. The second-order valence-corrected chi connectivity index (χ2v) is 13.2. The highest BCUT2D eigenvalue weighted by Gasteiger charge is 2.39. The van der Waals surface area contributed by atoms with E-state index in [1.165, 1.54) is 13.1 Å². The van der Waals surface area contributed by atoms with E-state index in [1.807, 2.05) is 33.0 Å².